The molecule has 4 aliphatic rings. The topological polar surface area (TPSA) is 26.3 Å². The molecule has 0 aromatic carbocycles. The van der Waals surface area contributed by atoms with Gasteiger partial charge in [-0.2, -0.15) is 0 Å². The van der Waals surface area contributed by atoms with Crippen molar-refractivity contribution in [3.8, 4) is 0 Å². The van der Waals surface area contributed by atoms with Gasteiger partial charge in [0.15, 0.2) is 0 Å². The van der Waals surface area contributed by atoms with Crippen LogP contribution in [-0.4, -0.2) is 11.6 Å². The van der Waals surface area contributed by atoms with Crippen molar-refractivity contribution in [1.29, 1.82) is 0 Å². The predicted octanol–water partition coefficient (Wildman–Crippen LogP) is 4.28. The molecular formula is C19H30O2. The van der Waals surface area contributed by atoms with Crippen LogP contribution < -0.4 is 0 Å². The van der Waals surface area contributed by atoms with E-state index in [0.29, 0.717) is 11.3 Å². The standard InChI is InChI=1S/C19H30O2/c1-18(2,3)21-17(20)12-9-10-8-11(12)16-14-7-6-13(15(10)16)19(14,4)5/h10-16H,6-9H2,1-5H3. The highest BCUT2D eigenvalue weighted by Gasteiger charge is 2.69. The van der Waals surface area contributed by atoms with Gasteiger partial charge in [0.05, 0.1) is 5.92 Å². The predicted molar refractivity (Wildman–Crippen MR) is 82.5 cm³/mol. The molecule has 21 heavy (non-hydrogen) atoms. The van der Waals surface area contributed by atoms with Crippen LogP contribution in [0.4, 0.5) is 0 Å². The van der Waals surface area contributed by atoms with Gasteiger partial charge in [0, 0.05) is 0 Å². The fourth-order valence-corrected chi connectivity index (χ4v) is 7.02. The second kappa shape index (κ2) is 4.06. The molecule has 0 amide bonds. The smallest absolute Gasteiger partial charge is 0.309 e. The van der Waals surface area contributed by atoms with Crippen molar-refractivity contribution in [1.82, 2.24) is 0 Å². The zero-order chi connectivity index (χ0) is 15.2. The second-order valence-corrected chi connectivity index (χ2v) is 9.80. The number of fused-ring (bicyclic) bond motifs is 9. The quantitative estimate of drug-likeness (QED) is 0.532. The summed E-state index contributed by atoms with van der Waals surface area (Å²) in [5.74, 6) is 5.29. The van der Waals surface area contributed by atoms with Crippen LogP contribution in [0.3, 0.4) is 0 Å². The van der Waals surface area contributed by atoms with Crippen LogP contribution in [0.25, 0.3) is 0 Å². The highest BCUT2D eigenvalue weighted by Crippen LogP contribution is 2.74. The Kier molecular flexibility index (Phi) is 2.72. The van der Waals surface area contributed by atoms with Crippen molar-refractivity contribution in [2.75, 3.05) is 0 Å². The molecule has 4 rings (SSSR count). The number of rotatable bonds is 1. The summed E-state index contributed by atoms with van der Waals surface area (Å²) in [4.78, 5) is 12.6. The van der Waals surface area contributed by atoms with E-state index in [1.54, 1.807) is 0 Å². The van der Waals surface area contributed by atoms with Gasteiger partial charge in [-0.15, -0.1) is 0 Å². The van der Waals surface area contributed by atoms with Crippen molar-refractivity contribution in [3.05, 3.63) is 0 Å². The number of carbonyl (C=O) groups is 1. The molecule has 0 spiro atoms. The van der Waals surface area contributed by atoms with E-state index in [2.05, 4.69) is 13.8 Å². The fourth-order valence-electron chi connectivity index (χ4n) is 7.02. The van der Waals surface area contributed by atoms with Crippen LogP contribution in [0, 0.1) is 46.8 Å². The molecule has 118 valence electrons. The fraction of sp³-hybridized carbons (Fsp3) is 0.947. The number of ether oxygens (including phenoxy) is 1. The molecule has 2 nitrogen and oxygen atoms in total. The molecular weight excluding hydrogens is 260 g/mol. The molecule has 0 aromatic heterocycles. The maximum atomic E-state index is 12.6. The molecule has 4 aliphatic carbocycles. The SMILES string of the molecule is CC(C)(C)OC(=O)C1CC2CC1C1C2C2CCC1C2(C)C. The molecule has 2 heteroatoms. The summed E-state index contributed by atoms with van der Waals surface area (Å²) in [6, 6.07) is 0. The molecule has 0 aliphatic heterocycles. The van der Waals surface area contributed by atoms with Crippen LogP contribution >= 0.6 is 0 Å². The Bertz CT molecular complexity index is 472. The van der Waals surface area contributed by atoms with Gasteiger partial charge in [-0.05, 0) is 87.4 Å². The van der Waals surface area contributed by atoms with E-state index >= 15 is 0 Å². The van der Waals surface area contributed by atoms with E-state index in [-0.39, 0.29) is 17.5 Å². The Morgan fingerprint density at radius 2 is 1.67 bits per heavy atom. The van der Waals surface area contributed by atoms with Gasteiger partial charge in [-0.1, -0.05) is 13.8 Å². The van der Waals surface area contributed by atoms with Crippen LogP contribution in [0.2, 0.25) is 0 Å². The van der Waals surface area contributed by atoms with Crippen LogP contribution in [0.1, 0.15) is 60.3 Å². The van der Waals surface area contributed by atoms with Crippen molar-refractivity contribution in [2.24, 2.45) is 46.8 Å². The number of hydrogen-bond donors (Lipinski definition) is 0. The number of hydrogen-bond acceptors (Lipinski definition) is 2. The Labute approximate surface area is 129 Å². The first kappa shape index (κ1) is 14.1. The lowest BCUT2D eigenvalue weighted by Crippen LogP contribution is -2.38. The largest absolute Gasteiger partial charge is 0.460 e. The van der Waals surface area contributed by atoms with Crippen molar-refractivity contribution < 1.29 is 9.53 Å². The molecule has 4 saturated carbocycles. The van der Waals surface area contributed by atoms with Gasteiger partial charge in [0.1, 0.15) is 5.60 Å². The van der Waals surface area contributed by atoms with Gasteiger partial charge < -0.3 is 4.74 Å². The summed E-state index contributed by atoms with van der Waals surface area (Å²) in [5.41, 5.74) is 0.182. The first-order valence-electron chi connectivity index (χ1n) is 8.93. The zero-order valence-corrected chi connectivity index (χ0v) is 14.2. The third kappa shape index (κ3) is 1.80. The summed E-state index contributed by atoms with van der Waals surface area (Å²) in [5, 5.41) is 0. The monoisotopic (exact) mass is 290 g/mol. The van der Waals surface area contributed by atoms with E-state index in [0.717, 1.165) is 36.0 Å². The van der Waals surface area contributed by atoms with E-state index in [4.69, 9.17) is 4.74 Å². The summed E-state index contributed by atoms with van der Waals surface area (Å²) in [6.45, 7) is 11.0. The van der Waals surface area contributed by atoms with E-state index in [1.807, 2.05) is 20.8 Å². The molecule has 0 N–H and O–H groups in total. The van der Waals surface area contributed by atoms with Crippen LogP contribution in [0.5, 0.6) is 0 Å². The Balaban J connectivity index is 1.56. The van der Waals surface area contributed by atoms with Crippen molar-refractivity contribution >= 4 is 5.97 Å². The third-order valence-corrected chi connectivity index (χ3v) is 7.47. The van der Waals surface area contributed by atoms with Gasteiger partial charge in [-0.3, -0.25) is 4.79 Å². The zero-order valence-electron chi connectivity index (χ0n) is 14.2. The van der Waals surface area contributed by atoms with E-state index in [9.17, 15) is 4.79 Å². The highest BCUT2D eigenvalue weighted by atomic mass is 16.6. The molecule has 4 fully saturated rings. The van der Waals surface area contributed by atoms with E-state index < -0.39 is 0 Å². The van der Waals surface area contributed by atoms with Gasteiger partial charge in [0.2, 0.25) is 0 Å². The molecule has 7 atom stereocenters. The molecule has 7 unspecified atom stereocenters. The Hall–Kier alpha value is -0.530. The number of esters is 1. The normalized spacial score (nSPS) is 49.5. The maximum Gasteiger partial charge on any atom is 0.309 e. The summed E-state index contributed by atoms with van der Waals surface area (Å²) in [7, 11) is 0. The van der Waals surface area contributed by atoms with Crippen molar-refractivity contribution in [3.63, 3.8) is 0 Å². The summed E-state index contributed by atoms with van der Waals surface area (Å²) in [6.07, 6.45) is 5.27. The second-order valence-electron chi connectivity index (χ2n) is 9.80. The van der Waals surface area contributed by atoms with Gasteiger partial charge in [-0.25, -0.2) is 0 Å². The maximum absolute atomic E-state index is 12.6. The lowest BCUT2D eigenvalue weighted by atomic mass is 9.67. The van der Waals surface area contributed by atoms with Gasteiger partial charge in [0.25, 0.3) is 0 Å². The van der Waals surface area contributed by atoms with Crippen molar-refractivity contribution in [2.45, 2.75) is 65.9 Å². The summed E-state index contributed by atoms with van der Waals surface area (Å²) >= 11 is 0. The Morgan fingerprint density at radius 1 is 1.05 bits per heavy atom. The molecule has 4 bridgehead atoms. The van der Waals surface area contributed by atoms with Gasteiger partial charge >= 0.3 is 5.97 Å². The minimum atomic E-state index is -0.341. The first-order chi connectivity index (χ1) is 9.70. The Morgan fingerprint density at radius 3 is 2.29 bits per heavy atom. The average Bonchev–Trinajstić information content (AvgIpc) is 3.04. The van der Waals surface area contributed by atoms with Crippen LogP contribution in [-0.2, 0) is 9.53 Å². The molecule has 0 heterocycles. The average molecular weight is 290 g/mol. The summed E-state index contributed by atoms with van der Waals surface area (Å²) < 4.78 is 5.72. The minimum Gasteiger partial charge on any atom is -0.460 e. The first-order valence-corrected chi connectivity index (χ1v) is 8.93. The third-order valence-electron chi connectivity index (χ3n) is 7.47. The molecule has 0 aromatic rings. The number of carbonyl (C=O) groups excluding carboxylic acids is 1. The minimum absolute atomic E-state index is 0.0917. The van der Waals surface area contributed by atoms with Crippen LogP contribution in [0.15, 0.2) is 0 Å². The lowest BCUT2D eigenvalue weighted by Gasteiger charge is -2.38. The van der Waals surface area contributed by atoms with E-state index in [1.165, 1.54) is 19.3 Å². The molecule has 0 radical (unpaired) electrons. The molecule has 0 saturated heterocycles. The lowest BCUT2D eigenvalue weighted by molar-refractivity contribution is -0.163. The highest BCUT2D eigenvalue weighted by molar-refractivity contribution is 5.74.